The molecule has 1 heterocycles. The second-order valence-electron chi connectivity index (χ2n) is 13.5. The minimum atomic E-state index is 0.928. The molecular weight excluding hydrogens is 689 g/mol. The Labute approximate surface area is 341 Å². The maximum atomic E-state index is 3.46. The van der Waals surface area contributed by atoms with Crippen LogP contribution in [0.25, 0.3) is 62.6 Å². The Morgan fingerprint density at radius 1 is 0.596 bits per heavy atom. The van der Waals surface area contributed by atoms with Gasteiger partial charge in [-0.25, -0.2) is 0 Å². The van der Waals surface area contributed by atoms with Gasteiger partial charge in [0.05, 0.1) is 5.52 Å². The van der Waals surface area contributed by atoms with E-state index in [-0.39, 0.29) is 0 Å². The number of allylic oxidation sites excluding steroid dienone is 8. The van der Waals surface area contributed by atoms with Crippen LogP contribution in [-0.2, 0) is 6.42 Å². The van der Waals surface area contributed by atoms with Crippen LogP contribution in [0, 0.1) is 0 Å². The van der Waals surface area contributed by atoms with Crippen LogP contribution in [0.5, 0.6) is 0 Å². The van der Waals surface area contributed by atoms with Crippen LogP contribution < -0.4 is 15.8 Å². The average molecular weight is 747 g/mol. The molecule has 2 heteroatoms. The first kappa shape index (κ1) is 40.5. The van der Waals surface area contributed by atoms with Crippen molar-refractivity contribution >= 4 is 40.4 Å². The summed E-state index contributed by atoms with van der Waals surface area (Å²) in [4.78, 5) is 0. The third-order valence-corrected chi connectivity index (χ3v) is 10.3. The van der Waals surface area contributed by atoms with Crippen LogP contribution in [0.4, 0.5) is 5.69 Å². The molecule has 0 aliphatic heterocycles. The molecule has 1 aromatic heterocycles. The highest BCUT2D eigenvalue weighted by molar-refractivity contribution is 6.08. The van der Waals surface area contributed by atoms with Crippen LogP contribution in [0.3, 0.4) is 0 Å². The molecule has 3 aliphatic rings. The molecule has 0 spiro atoms. The fraction of sp³-hybridized carbons (Fsp3) is 0.200. The van der Waals surface area contributed by atoms with Gasteiger partial charge in [-0.15, -0.1) is 0 Å². The number of hydrogen-bond acceptors (Lipinski definition) is 1. The summed E-state index contributed by atoms with van der Waals surface area (Å²) in [5.41, 5.74) is 15.5. The van der Waals surface area contributed by atoms with E-state index in [0.717, 1.165) is 37.8 Å². The van der Waals surface area contributed by atoms with E-state index in [0.29, 0.717) is 0 Å². The lowest BCUT2D eigenvalue weighted by molar-refractivity contribution is 1.01. The number of rotatable bonds is 8. The minimum absolute atomic E-state index is 0.928. The Morgan fingerprint density at radius 2 is 1.30 bits per heavy atom. The van der Waals surface area contributed by atoms with Crippen molar-refractivity contribution in [3.05, 3.63) is 191 Å². The van der Waals surface area contributed by atoms with Gasteiger partial charge in [-0.3, -0.25) is 0 Å². The quantitative estimate of drug-likeness (QED) is 0.153. The number of benzene rings is 5. The molecule has 5 aromatic carbocycles. The van der Waals surface area contributed by atoms with Crippen LogP contribution in [-0.4, -0.2) is 4.57 Å². The Hall–Kier alpha value is -6.12. The SMILES string of the molecule is C1=CC(c2ccc(\C=C/C=C\C=C\Nc3ccc(-n4c5c(c6cc7c(c(-c8ccccc8)c64)=CCCC=7)-c4ccccc4C5)cc3)cc2)=CCC1.CC.CC.CC. The fourth-order valence-corrected chi connectivity index (χ4v) is 7.95. The van der Waals surface area contributed by atoms with Crippen molar-refractivity contribution in [1.29, 1.82) is 0 Å². The molecule has 0 fully saturated rings. The van der Waals surface area contributed by atoms with E-state index < -0.39 is 0 Å². The summed E-state index contributed by atoms with van der Waals surface area (Å²) in [5.74, 6) is 0. The second kappa shape index (κ2) is 20.2. The second-order valence-corrected chi connectivity index (χ2v) is 13.5. The lowest BCUT2D eigenvalue weighted by Gasteiger charge is -2.16. The largest absolute Gasteiger partial charge is 0.362 e. The van der Waals surface area contributed by atoms with Crippen molar-refractivity contribution in [3.63, 3.8) is 0 Å². The monoisotopic (exact) mass is 746 g/mol. The summed E-state index contributed by atoms with van der Waals surface area (Å²) in [6, 6.07) is 40.0. The first-order valence-corrected chi connectivity index (χ1v) is 21.2. The standard InChI is InChI=1S/C49H40N2.3C2H6/c1(5-15-35-24-26-37(27-25-35)36-16-6-3-7-17-36)2-14-32-50-41-28-30-42(31-29-41)51-46-34-40-21-11-13-23-44(40)48(46)45-33-39-20-10-12-22-43(39)47(49(45)51)38-18-8-4-9-19-38;3*1-2/h1-2,4-6,8-9,11,13-33,50H,3,7,10,12,34H2;3*1-2H3/b2-1-,15-5-,32-14+;;;. The maximum Gasteiger partial charge on any atom is 0.0622 e. The van der Waals surface area contributed by atoms with Crippen molar-refractivity contribution in [2.45, 2.75) is 73.6 Å². The number of nitrogens with zero attached hydrogens (tertiary/aromatic N) is 1. The summed E-state index contributed by atoms with van der Waals surface area (Å²) < 4.78 is 2.54. The zero-order valence-corrected chi connectivity index (χ0v) is 34.7. The van der Waals surface area contributed by atoms with Gasteiger partial charge in [-0.05, 0) is 106 Å². The molecule has 0 saturated heterocycles. The van der Waals surface area contributed by atoms with Gasteiger partial charge >= 0.3 is 0 Å². The van der Waals surface area contributed by atoms with Crippen LogP contribution in [0.2, 0.25) is 0 Å². The van der Waals surface area contributed by atoms with E-state index in [1.54, 1.807) is 0 Å². The Bertz CT molecular complexity index is 2540. The number of fused-ring (bicyclic) bond motifs is 6. The van der Waals surface area contributed by atoms with Crippen LogP contribution in [0.1, 0.15) is 89.6 Å². The summed E-state index contributed by atoms with van der Waals surface area (Å²) in [5, 5.41) is 7.52. The van der Waals surface area contributed by atoms with Crippen molar-refractivity contribution < 1.29 is 0 Å². The molecule has 288 valence electrons. The highest BCUT2D eigenvalue weighted by Crippen LogP contribution is 2.46. The molecule has 0 unspecified atom stereocenters. The predicted molar refractivity (Wildman–Crippen MR) is 252 cm³/mol. The van der Waals surface area contributed by atoms with Gasteiger partial charge in [-0.1, -0.05) is 175 Å². The van der Waals surface area contributed by atoms with Crippen molar-refractivity contribution in [3.8, 4) is 27.9 Å². The maximum absolute atomic E-state index is 3.46. The molecule has 0 amide bonds. The van der Waals surface area contributed by atoms with E-state index in [2.05, 4.69) is 174 Å². The zero-order valence-electron chi connectivity index (χ0n) is 34.7. The van der Waals surface area contributed by atoms with Crippen molar-refractivity contribution in [2.24, 2.45) is 0 Å². The van der Waals surface area contributed by atoms with E-state index in [4.69, 9.17) is 0 Å². The lowest BCUT2D eigenvalue weighted by Crippen LogP contribution is -2.29. The summed E-state index contributed by atoms with van der Waals surface area (Å²) in [7, 11) is 0. The van der Waals surface area contributed by atoms with Gasteiger partial charge < -0.3 is 9.88 Å². The highest BCUT2D eigenvalue weighted by atomic mass is 15.0. The highest BCUT2D eigenvalue weighted by Gasteiger charge is 2.29. The summed E-state index contributed by atoms with van der Waals surface area (Å²) in [6.07, 6.45) is 29.4. The van der Waals surface area contributed by atoms with Gasteiger partial charge in [-0.2, -0.15) is 0 Å². The molecular formula is C55H58N2. The molecule has 57 heavy (non-hydrogen) atoms. The van der Waals surface area contributed by atoms with Gasteiger partial charge in [0.1, 0.15) is 0 Å². The molecule has 0 atom stereocenters. The lowest BCUT2D eigenvalue weighted by atomic mass is 9.93. The number of hydrogen-bond donors (Lipinski definition) is 1. The third kappa shape index (κ3) is 8.82. The Balaban J connectivity index is 0.000000876. The number of nitrogens with one attached hydrogen (secondary N) is 1. The first-order chi connectivity index (χ1) is 28.3. The van der Waals surface area contributed by atoms with Crippen LogP contribution >= 0.6 is 0 Å². The Kier molecular flexibility index (Phi) is 14.3. The zero-order chi connectivity index (χ0) is 40.0. The molecule has 2 nitrogen and oxygen atoms in total. The van der Waals surface area contributed by atoms with Crippen molar-refractivity contribution in [1.82, 2.24) is 4.57 Å². The van der Waals surface area contributed by atoms with Gasteiger partial charge in [0.2, 0.25) is 0 Å². The summed E-state index contributed by atoms with van der Waals surface area (Å²) >= 11 is 0. The van der Waals surface area contributed by atoms with Gasteiger partial charge in [0, 0.05) is 46.2 Å². The average Bonchev–Trinajstić information content (AvgIpc) is 3.83. The van der Waals surface area contributed by atoms with E-state index in [1.807, 2.05) is 53.8 Å². The van der Waals surface area contributed by atoms with Gasteiger partial charge in [0.25, 0.3) is 0 Å². The topological polar surface area (TPSA) is 17.0 Å². The normalized spacial score (nSPS) is 13.5. The van der Waals surface area contributed by atoms with Gasteiger partial charge in [0.15, 0.2) is 0 Å². The third-order valence-electron chi connectivity index (χ3n) is 10.3. The fourth-order valence-electron chi connectivity index (χ4n) is 7.95. The molecule has 3 aliphatic carbocycles. The predicted octanol–water partition coefficient (Wildman–Crippen LogP) is 14.2. The molecule has 9 rings (SSSR count). The number of anilines is 1. The molecule has 1 N–H and O–H groups in total. The first-order valence-electron chi connectivity index (χ1n) is 21.2. The van der Waals surface area contributed by atoms with E-state index in [9.17, 15) is 0 Å². The number of aromatic nitrogens is 1. The minimum Gasteiger partial charge on any atom is -0.362 e. The van der Waals surface area contributed by atoms with E-state index in [1.165, 1.54) is 77.2 Å². The molecule has 0 radical (unpaired) electrons. The molecule has 6 aromatic rings. The summed E-state index contributed by atoms with van der Waals surface area (Å²) in [6.45, 7) is 12.0. The smallest absolute Gasteiger partial charge is 0.0622 e. The molecule has 0 bridgehead atoms. The van der Waals surface area contributed by atoms with Crippen LogP contribution in [0.15, 0.2) is 158 Å². The Morgan fingerprint density at radius 3 is 2.05 bits per heavy atom. The molecule has 0 saturated carbocycles. The van der Waals surface area contributed by atoms with E-state index >= 15 is 0 Å². The van der Waals surface area contributed by atoms with Crippen molar-refractivity contribution in [2.75, 3.05) is 5.32 Å².